The summed E-state index contributed by atoms with van der Waals surface area (Å²) in [6.07, 6.45) is 1.02. The van der Waals surface area contributed by atoms with Crippen molar-refractivity contribution in [2.75, 3.05) is 19.6 Å². The largest absolute Gasteiger partial charge is 0.309 e. The van der Waals surface area contributed by atoms with Gasteiger partial charge >= 0.3 is 0 Å². The van der Waals surface area contributed by atoms with Gasteiger partial charge in [-0.15, -0.1) is 0 Å². The van der Waals surface area contributed by atoms with E-state index in [0.717, 1.165) is 39.1 Å². The maximum atomic E-state index is 4.62. The van der Waals surface area contributed by atoms with Gasteiger partial charge in [0.15, 0.2) is 0 Å². The fraction of sp³-hybridized carbons (Fsp3) is 0.786. The van der Waals surface area contributed by atoms with E-state index in [1.807, 2.05) is 0 Å². The van der Waals surface area contributed by atoms with Gasteiger partial charge in [0.2, 0.25) is 0 Å². The summed E-state index contributed by atoms with van der Waals surface area (Å²) in [5.41, 5.74) is 2.79. The van der Waals surface area contributed by atoms with Gasteiger partial charge in [0.05, 0.1) is 11.4 Å². The smallest absolute Gasteiger partial charge is 0.0625 e. The number of hydrogen-bond donors (Lipinski definition) is 1. The fourth-order valence-corrected chi connectivity index (χ4v) is 2.70. The third-order valence-electron chi connectivity index (χ3n) is 3.61. The monoisotopic (exact) mass is 250 g/mol. The Labute approximate surface area is 110 Å². The molecular formula is C14H26N4. The number of piperazine rings is 1. The number of nitrogens with zero attached hydrogens (tertiary/aromatic N) is 3. The number of aryl methyl sites for hydroxylation is 2. The molecule has 1 aliphatic heterocycles. The summed E-state index contributed by atoms with van der Waals surface area (Å²) >= 11 is 0. The lowest BCUT2D eigenvalue weighted by molar-refractivity contribution is 0.145. The molecule has 0 radical (unpaired) electrons. The molecule has 1 aromatic heterocycles. The van der Waals surface area contributed by atoms with Crippen molar-refractivity contribution in [2.24, 2.45) is 0 Å². The van der Waals surface area contributed by atoms with Crippen LogP contribution in [0.25, 0.3) is 0 Å². The Hall–Kier alpha value is -0.870. The standard InChI is InChI=1S/C14H26N4/c1-5-12-9-13(18(6-2)16-12)10-17-8-7-15-14(3,4)11-17/h9,15H,5-8,10-11H2,1-4H3. The van der Waals surface area contributed by atoms with Gasteiger partial charge in [0, 0.05) is 38.3 Å². The van der Waals surface area contributed by atoms with E-state index in [2.05, 4.69) is 53.8 Å². The highest BCUT2D eigenvalue weighted by molar-refractivity contribution is 5.11. The van der Waals surface area contributed by atoms with Crippen molar-refractivity contribution >= 4 is 0 Å². The van der Waals surface area contributed by atoms with Crippen molar-refractivity contribution in [3.05, 3.63) is 17.5 Å². The highest BCUT2D eigenvalue weighted by Crippen LogP contribution is 2.14. The van der Waals surface area contributed by atoms with Crippen LogP contribution in [0.1, 0.15) is 39.1 Å². The lowest BCUT2D eigenvalue weighted by Gasteiger charge is -2.39. The zero-order valence-electron chi connectivity index (χ0n) is 12.2. The van der Waals surface area contributed by atoms with Gasteiger partial charge in [-0.25, -0.2) is 0 Å². The minimum absolute atomic E-state index is 0.225. The van der Waals surface area contributed by atoms with Crippen LogP contribution in [0.2, 0.25) is 0 Å². The van der Waals surface area contributed by atoms with Gasteiger partial charge in [0.1, 0.15) is 0 Å². The first-order valence-electron chi connectivity index (χ1n) is 7.07. The van der Waals surface area contributed by atoms with Gasteiger partial charge in [0.25, 0.3) is 0 Å². The first-order chi connectivity index (χ1) is 8.54. The van der Waals surface area contributed by atoms with Crippen LogP contribution in [-0.4, -0.2) is 39.9 Å². The molecule has 0 spiro atoms. The first kappa shape index (κ1) is 13.6. The Bertz CT molecular complexity index is 394. The molecule has 0 amide bonds. The van der Waals surface area contributed by atoms with Crippen molar-refractivity contribution in [3.8, 4) is 0 Å². The fourth-order valence-electron chi connectivity index (χ4n) is 2.70. The molecule has 1 N–H and O–H groups in total. The molecule has 102 valence electrons. The Morgan fingerprint density at radius 1 is 1.39 bits per heavy atom. The van der Waals surface area contributed by atoms with Crippen LogP contribution in [0.3, 0.4) is 0 Å². The second-order valence-corrected chi connectivity index (χ2v) is 5.82. The molecule has 0 aromatic carbocycles. The second kappa shape index (κ2) is 5.41. The van der Waals surface area contributed by atoms with E-state index in [4.69, 9.17) is 0 Å². The Morgan fingerprint density at radius 2 is 2.17 bits per heavy atom. The summed E-state index contributed by atoms with van der Waals surface area (Å²) in [5.74, 6) is 0. The Kier molecular flexibility index (Phi) is 4.07. The van der Waals surface area contributed by atoms with E-state index in [1.165, 1.54) is 11.4 Å². The van der Waals surface area contributed by atoms with E-state index >= 15 is 0 Å². The normalized spacial score (nSPS) is 20.2. The van der Waals surface area contributed by atoms with Gasteiger partial charge in [-0.05, 0) is 33.3 Å². The molecule has 4 heteroatoms. The predicted molar refractivity (Wildman–Crippen MR) is 74.6 cm³/mol. The molecule has 1 aliphatic rings. The highest BCUT2D eigenvalue weighted by atomic mass is 15.3. The number of rotatable bonds is 4. The Morgan fingerprint density at radius 3 is 2.78 bits per heavy atom. The second-order valence-electron chi connectivity index (χ2n) is 5.82. The number of aromatic nitrogens is 2. The van der Waals surface area contributed by atoms with Crippen LogP contribution in [0.4, 0.5) is 0 Å². The van der Waals surface area contributed by atoms with E-state index < -0.39 is 0 Å². The molecule has 1 aromatic rings. The van der Waals surface area contributed by atoms with Crippen LogP contribution in [0.5, 0.6) is 0 Å². The average Bonchev–Trinajstić information content (AvgIpc) is 2.70. The minimum Gasteiger partial charge on any atom is -0.309 e. The lowest BCUT2D eigenvalue weighted by Crippen LogP contribution is -2.56. The number of nitrogens with one attached hydrogen (secondary N) is 1. The van der Waals surface area contributed by atoms with Gasteiger partial charge in [-0.1, -0.05) is 6.92 Å². The molecule has 0 bridgehead atoms. The number of hydrogen-bond acceptors (Lipinski definition) is 3. The molecule has 0 atom stereocenters. The zero-order chi connectivity index (χ0) is 13.2. The van der Waals surface area contributed by atoms with Crippen molar-refractivity contribution in [3.63, 3.8) is 0 Å². The molecule has 0 unspecified atom stereocenters. The van der Waals surface area contributed by atoms with Crippen LogP contribution in [-0.2, 0) is 19.5 Å². The van der Waals surface area contributed by atoms with E-state index in [1.54, 1.807) is 0 Å². The molecule has 2 rings (SSSR count). The van der Waals surface area contributed by atoms with Crippen LogP contribution >= 0.6 is 0 Å². The summed E-state index contributed by atoms with van der Waals surface area (Å²) in [6, 6.07) is 2.26. The van der Waals surface area contributed by atoms with Crippen molar-refractivity contribution in [1.82, 2.24) is 20.0 Å². The van der Waals surface area contributed by atoms with Crippen LogP contribution in [0.15, 0.2) is 6.07 Å². The summed E-state index contributed by atoms with van der Waals surface area (Å²) in [5, 5.41) is 8.18. The molecule has 1 fully saturated rings. The zero-order valence-corrected chi connectivity index (χ0v) is 12.2. The SMILES string of the molecule is CCc1cc(CN2CCNC(C)(C)C2)n(CC)n1. The van der Waals surface area contributed by atoms with Gasteiger partial charge in [-0.2, -0.15) is 5.10 Å². The third-order valence-corrected chi connectivity index (χ3v) is 3.61. The minimum atomic E-state index is 0.225. The van der Waals surface area contributed by atoms with E-state index in [-0.39, 0.29) is 5.54 Å². The molecule has 4 nitrogen and oxygen atoms in total. The summed E-state index contributed by atoms with van der Waals surface area (Å²) in [4.78, 5) is 2.53. The molecular weight excluding hydrogens is 224 g/mol. The maximum Gasteiger partial charge on any atom is 0.0625 e. The topological polar surface area (TPSA) is 33.1 Å². The highest BCUT2D eigenvalue weighted by Gasteiger charge is 2.26. The third kappa shape index (κ3) is 3.12. The van der Waals surface area contributed by atoms with Crippen LogP contribution in [0, 0.1) is 0 Å². The van der Waals surface area contributed by atoms with E-state index in [0.29, 0.717) is 0 Å². The molecule has 0 saturated carbocycles. The van der Waals surface area contributed by atoms with Crippen molar-refractivity contribution in [2.45, 2.75) is 52.7 Å². The van der Waals surface area contributed by atoms with Crippen molar-refractivity contribution < 1.29 is 0 Å². The summed E-state index contributed by atoms with van der Waals surface area (Å²) < 4.78 is 2.15. The van der Waals surface area contributed by atoms with Crippen LogP contribution < -0.4 is 5.32 Å². The quantitative estimate of drug-likeness (QED) is 0.882. The molecule has 1 saturated heterocycles. The van der Waals surface area contributed by atoms with Gasteiger partial charge < -0.3 is 5.32 Å². The Balaban J connectivity index is 2.06. The predicted octanol–water partition coefficient (Wildman–Crippen LogP) is 1.65. The summed E-state index contributed by atoms with van der Waals surface area (Å²) in [7, 11) is 0. The average molecular weight is 250 g/mol. The van der Waals surface area contributed by atoms with E-state index in [9.17, 15) is 0 Å². The lowest BCUT2D eigenvalue weighted by atomic mass is 10.0. The first-order valence-corrected chi connectivity index (χ1v) is 7.07. The van der Waals surface area contributed by atoms with Gasteiger partial charge in [-0.3, -0.25) is 9.58 Å². The molecule has 2 heterocycles. The van der Waals surface area contributed by atoms with Crippen molar-refractivity contribution in [1.29, 1.82) is 0 Å². The maximum absolute atomic E-state index is 4.62. The molecule has 0 aliphatic carbocycles. The summed E-state index contributed by atoms with van der Waals surface area (Å²) in [6.45, 7) is 14.2. The molecule has 18 heavy (non-hydrogen) atoms.